The van der Waals surface area contributed by atoms with Gasteiger partial charge in [0.05, 0.1) is 13.2 Å². The Morgan fingerprint density at radius 2 is 2.00 bits per heavy atom. The van der Waals surface area contributed by atoms with Crippen LogP contribution in [0.5, 0.6) is 0 Å². The number of rotatable bonds is 5. The summed E-state index contributed by atoms with van der Waals surface area (Å²) in [5.74, 6) is 0.388. The van der Waals surface area contributed by atoms with Gasteiger partial charge in [0.1, 0.15) is 0 Å². The molecule has 4 heteroatoms. The van der Waals surface area contributed by atoms with E-state index < -0.39 is 0 Å². The van der Waals surface area contributed by atoms with E-state index in [1.165, 1.54) is 0 Å². The number of nitrogens with one attached hydrogen (secondary N) is 1. The van der Waals surface area contributed by atoms with Gasteiger partial charge in [-0.2, -0.15) is 0 Å². The normalized spacial score (nSPS) is 16.4. The van der Waals surface area contributed by atoms with E-state index in [1.807, 2.05) is 24.3 Å². The molecule has 0 aliphatic carbocycles. The third-order valence-electron chi connectivity index (χ3n) is 3.64. The van der Waals surface area contributed by atoms with Crippen LogP contribution in [0.4, 0.5) is 0 Å². The van der Waals surface area contributed by atoms with Crippen LogP contribution in [-0.2, 0) is 4.74 Å². The Balaban J connectivity index is 1.85. The standard InChI is InChI=1S/C16H24N2O2/c1-13(2)14-5-3-4-6-15(14)16(19)17-7-8-18-9-11-20-12-10-18/h3-6,13H,7-12H2,1-2H3,(H,17,19). The topological polar surface area (TPSA) is 41.6 Å². The second-order valence-corrected chi connectivity index (χ2v) is 5.45. The minimum absolute atomic E-state index is 0.0301. The first-order valence-electron chi connectivity index (χ1n) is 7.35. The average molecular weight is 276 g/mol. The first kappa shape index (κ1) is 15.0. The van der Waals surface area contributed by atoms with Crippen LogP contribution in [-0.4, -0.2) is 50.2 Å². The van der Waals surface area contributed by atoms with Gasteiger partial charge in [0.25, 0.3) is 5.91 Å². The van der Waals surface area contributed by atoms with Crippen LogP contribution >= 0.6 is 0 Å². The first-order valence-corrected chi connectivity index (χ1v) is 7.35. The molecule has 0 radical (unpaired) electrons. The number of amides is 1. The van der Waals surface area contributed by atoms with E-state index >= 15 is 0 Å². The summed E-state index contributed by atoms with van der Waals surface area (Å²) >= 11 is 0. The summed E-state index contributed by atoms with van der Waals surface area (Å²) in [5, 5.41) is 3.02. The monoisotopic (exact) mass is 276 g/mol. The highest BCUT2D eigenvalue weighted by atomic mass is 16.5. The Kier molecular flexibility index (Phi) is 5.56. The number of morpholine rings is 1. The number of hydrogen-bond donors (Lipinski definition) is 1. The number of carbonyl (C=O) groups is 1. The molecule has 2 rings (SSSR count). The molecule has 1 heterocycles. The maximum Gasteiger partial charge on any atom is 0.251 e. The van der Waals surface area contributed by atoms with Gasteiger partial charge in [-0.1, -0.05) is 32.0 Å². The van der Waals surface area contributed by atoms with Gasteiger partial charge in [-0.15, -0.1) is 0 Å². The van der Waals surface area contributed by atoms with Crippen molar-refractivity contribution >= 4 is 5.91 Å². The smallest absolute Gasteiger partial charge is 0.251 e. The van der Waals surface area contributed by atoms with Gasteiger partial charge in [0, 0.05) is 31.7 Å². The quantitative estimate of drug-likeness (QED) is 0.892. The highest BCUT2D eigenvalue weighted by molar-refractivity contribution is 5.95. The molecule has 20 heavy (non-hydrogen) atoms. The Labute approximate surface area is 121 Å². The maximum atomic E-state index is 12.3. The number of hydrogen-bond acceptors (Lipinski definition) is 3. The number of benzene rings is 1. The fraction of sp³-hybridized carbons (Fsp3) is 0.562. The molecule has 1 N–H and O–H groups in total. The summed E-state index contributed by atoms with van der Waals surface area (Å²) < 4.78 is 5.31. The molecule has 1 aliphatic heterocycles. The molecule has 0 bridgehead atoms. The van der Waals surface area contributed by atoms with E-state index in [2.05, 4.69) is 24.1 Å². The van der Waals surface area contributed by atoms with E-state index in [4.69, 9.17) is 4.74 Å². The lowest BCUT2D eigenvalue weighted by Gasteiger charge is -2.26. The van der Waals surface area contributed by atoms with E-state index in [0.717, 1.165) is 44.0 Å². The molecular formula is C16H24N2O2. The van der Waals surface area contributed by atoms with Crippen LogP contribution in [0.1, 0.15) is 35.7 Å². The van der Waals surface area contributed by atoms with Crippen LogP contribution < -0.4 is 5.32 Å². The average Bonchev–Trinajstić information content (AvgIpc) is 2.48. The first-order chi connectivity index (χ1) is 9.68. The van der Waals surface area contributed by atoms with Gasteiger partial charge in [-0.25, -0.2) is 0 Å². The zero-order valence-electron chi connectivity index (χ0n) is 12.4. The van der Waals surface area contributed by atoms with Crippen LogP contribution in [0.2, 0.25) is 0 Å². The molecule has 1 aromatic carbocycles. The summed E-state index contributed by atoms with van der Waals surface area (Å²) in [6, 6.07) is 7.84. The highest BCUT2D eigenvalue weighted by Crippen LogP contribution is 2.18. The fourth-order valence-corrected chi connectivity index (χ4v) is 2.45. The summed E-state index contributed by atoms with van der Waals surface area (Å²) in [6.07, 6.45) is 0. The Bertz CT molecular complexity index is 440. The minimum Gasteiger partial charge on any atom is -0.379 e. The largest absolute Gasteiger partial charge is 0.379 e. The molecule has 110 valence electrons. The van der Waals surface area contributed by atoms with Gasteiger partial charge in [0.2, 0.25) is 0 Å². The molecule has 0 aromatic heterocycles. The van der Waals surface area contributed by atoms with Crippen molar-refractivity contribution in [3.8, 4) is 0 Å². The highest BCUT2D eigenvalue weighted by Gasteiger charge is 2.14. The molecular weight excluding hydrogens is 252 g/mol. The molecule has 1 fully saturated rings. The van der Waals surface area contributed by atoms with E-state index in [1.54, 1.807) is 0 Å². The number of carbonyl (C=O) groups excluding carboxylic acids is 1. The lowest BCUT2D eigenvalue weighted by Crippen LogP contribution is -2.41. The molecule has 4 nitrogen and oxygen atoms in total. The molecule has 1 aliphatic rings. The van der Waals surface area contributed by atoms with Crippen molar-refractivity contribution in [2.75, 3.05) is 39.4 Å². The molecule has 0 unspecified atom stereocenters. The molecule has 1 aromatic rings. The van der Waals surface area contributed by atoms with Gasteiger partial charge in [0.15, 0.2) is 0 Å². The van der Waals surface area contributed by atoms with E-state index in [-0.39, 0.29) is 5.91 Å². The van der Waals surface area contributed by atoms with Gasteiger partial charge in [-0.05, 0) is 17.5 Å². The summed E-state index contributed by atoms with van der Waals surface area (Å²) in [5.41, 5.74) is 1.90. The molecule has 0 atom stereocenters. The Morgan fingerprint density at radius 3 is 2.70 bits per heavy atom. The SMILES string of the molecule is CC(C)c1ccccc1C(=O)NCCN1CCOCC1. The molecule has 1 amide bonds. The molecule has 0 spiro atoms. The van der Waals surface area contributed by atoms with Crippen LogP contribution in [0.25, 0.3) is 0 Å². The van der Waals surface area contributed by atoms with Crippen molar-refractivity contribution in [2.45, 2.75) is 19.8 Å². The number of nitrogens with zero attached hydrogens (tertiary/aromatic N) is 1. The second kappa shape index (κ2) is 7.41. The van der Waals surface area contributed by atoms with E-state index in [9.17, 15) is 4.79 Å². The summed E-state index contributed by atoms with van der Waals surface area (Å²) in [4.78, 5) is 14.6. The molecule has 1 saturated heterocycles. The maximum absolute atomic E-state index is 12.3. The van der Waals surface area contributed by atoms with Gasteiger partial charge >= 0.3 is 0 Å². The summed E-state index contributed by atoms with van der Waals surface area (Å²) in [7, 11) is 0. The third-order valence-corrected chi connectivity index (χ3v) is 3.64. The van der Waals surface area contributed by atoms with Crippen LogP contribution in [0, 0.1) is 0 Å². The minimum atomic E-state index is 0.0301. The summed E-state index contributed by atoms with van der Waals surface area (Å²) in [6.45, 7) is 9.30. The van der Waals surface area contributed by atoms with Crippen LogP contribution in [0.15, 0.2) is 24.3 Å². The van der Waals surface area contributed by atoms with Gasteiger partial charge in [-0.3, -0.25) is 9.69 Å². The zero-order valence-corrected chi connectivity index (χ0v) is 12.4. The third kappa shape index (κ3) is 4.05. The lowest BCUT2D eigenvalue weighted by molar-refractivity contribution is 0.0383. The lowest BCUT2D eigenvalue weighted by atomic mass is 9.97. The van der Waals surface area contributed by atoms with Crippen molar-refractivity contribution in [1.29, 1.82) is 0 Å². The fourth-order valence-electron chi connectivity index (χ4n) is 2.45. The predicted molar refractivity (Wildman–Crippen MR) is 80.1 cm³/mol. The Hall–Kier alpha value is -1.39. The predicted octanol–water partition coefficient (Wildman–Crippen LogP) is 1.87. The molecule has 0 saturated carbocycles. The van der Waals surface area contributed by atoms with Crippen molar-refractivity contribution in [1.82, 2.24) is 10.2 Å². The van der Waals surface area contributed by atoms with E-state index in [0.29, 0.717) is 12.5 Å². The zero-order chi connectivity index (χ0) is 14.4. The Morgan fingerprint density at radius 1 is 1.30 bits per heavy atom. The van der Waals surface area contributed by atoms with Crippen LogP contribution in [0.3, 0.4) is 0 Å². The van der Waals surface area contributed by atoms with Gasteiger partial charge < -0.3 is 10.1 Å². The number of ether oxygens (including phenoxy) is 1. The second-order valence-electron chi connectivity index (χ2n) is 5.45. The van der Waals surface area contributed by atoms with Crippen molar-refractivity contribution in [3.05, 3.63) is 35.4 Å². The van der Waals surface area contributed by atoms with Crippen molar-refractivity contribution in [2.24, 2.45) is 0 Å². The van der Waals surface area contributed by atoms with Crippen molar-refractivity contribution < 1.29 is 9.53 Å². The van der Waals surface area contributed by atoms with Crippen molar-refractivity contribution in [3.63, 3.8) is 0 Å².